The Morgan fingerprint density at radius 1 is 0.438 bits per heavy atom. The van der Waals surface area contributed by atoms with Gasteiger partial charge < -0.3 is 28.1 Å². The second-order valence-electron chi connectivity index (χ2n) is 19.0. The van der Waals surface area contributed by atoms with E-state index in [1.165, 1.54) is 0 Å². The molecule has 0 aromatic heterocycles. The molecule has 9 rings (SSSR count). The van der Waals surface area contributed by atoms with Crippen LogP contribution in [-0.4, -0.2) is 70.5 Å². The van der Waals surface area contributed by atoms with Crippen molar-refractivity contribution >= 4 is 36.6 Å². The average molecular weight is 987 g/mol. The normalized spacial score (nSPS) is 17.9. The minimum Gasteiger partial charge on any atom is -0.497 e. The third-order valence-corrected chi connectivity index (χ3v) is 18.7. The second kappa shape index (κ2) is 22.3. The minimum atomic E-state index is -3.36. The number of ether oxygens (including phenoxy) is 5. The van der Waals surface area contributed by atoms with Crippen LogP contribution in [0.2, 0.25) is 5.04 Å². The summed E-state index contributed by atoms with van der Waals surface area (Å²) < 4.78 is 41.6. The zero-order chi connectivity index (χ0) is 50.8. The minimum absolute atomic E-state index is 0.155. The summed E-state index contributed by atoms with van der Waals surface area (Å²) in [6.07, 6.45) is -6.82. The van der Waals surface area contributed by atoms with E-state index in [2.05, 4.69) is 45.0 Å². The first-order valence-electron chi connectivity index (χ1n) is 24.5. The Labute approximate surface area is 428 Å². The molecule has 73 heavy (non-hydrogen) atoms. The molecule has 0 N–H and O–H groups in total. The summed E-state index contributed by atoms with van der Waals surface area (Å²) in [5.74, 6) is -1.52. The Bertz CT molecular complexity index is 2970. The zero-order valence-corrected chi connectivity index (χ0v) is 42.3. The van der Waals surface area contributed by atoms with Crippen molar-refractivity contribution in [2.24, 2.45) is 0 Å². The van der Waals surface area contributed by atoms with Crippen LogP contribution in [0.15, 0.2) is 237 Å². The van der Waals surface area contributed by atoms with E-state index >= 15 is 0 Å². The number of hydrogen-bond acceptors (Lipinski definition) is 9. The Balaban J connectivity index is 1.33. The van der Waals surface area contributed by atoms with Crippen LogP contribution in [0.25, 0.3) is 0 Å². The summed E-state index contributed by atoms with van der Waals surface area (Å²) >= 11 is 0. The lowest BCUT2D eigenvalue weighted by Crippen LogP contribution is -2.70. The van der Waals surface area contributed by atoms with Crippen LogP contribution in [-0.2, 0) is 28.8 Å². The van der Waals surface area contributed by atoms with Crippen LogP contribution in [0, 0.1) is 0 Å². The predicted molar refractivity (Wildman–Crippen MR) is 285 cm³/mol. The van der Waals surface area contributed by atoms with E-state index in [-0.39, 0.29) is 23.3 Å². The molecule has 0 bridgehead atoms. The van der Waals surface area contributed by atoms with Crippen LogP contribution in [0.4, 0.5) is 0 Å². The topological polar surface area (TPSA) is 107 Å². The van der Waals surface area contributed by atoms with E-state index < -0.39 is 67.2 Å². The Morgan fingerprint density at radius 3 is 1.16 bits per heavy atom. The summed E-state index contributed by atoms with van der Waals surface area (Å²) in [6.45, 7) is 6.39. The van der Waals surface area contributed by atoms with E-state index in [1.807, 2.05) is 127 Å². The monoisotopic (exact) mass is 986 g/mol. The van der Waals surface area contributed by atoms with Gasteiger partial charge in [0.25, 0.3) is 8.32 Å². The fourth-order valence-electron chi connectivity index (χ4n) is 10.3. The molecule has 9 nitrogen and oxygen atoms in total. The first-order chi connectivity index (χ1) is 35.5. The maximum Gasteiger partial charge on any atom is 0.338 e. The standard InChI is InChI=1S/C63H58O9Si/c1-62(2,3)73(52-36-22-10-23-37-52,53-38-24-11-25-39-53)68-44-54-55(70-59(64)45-26-12-5-13-27-45)56(71-60(65)46-28-14-6-15-29-46)57(72-61(66)47-30-16-7-17-31-47)58(69-54)63(48-32-18-8-19-33-48,49-34-20-9-21-35-49)50-40-42-51(67-4)43-41-50/h5-43,54-58H,44H2,1-4H3/t54-,55-,56+,57-,58-/m1/s1. The van der Waals surface area contributed by atoms with Gasteiger partial charge in [-0.3, -0.25) is 0 Å². The summed E-state index contributed by atoms with van der Waals surface area (Å²) in [7, 11) is -1.75. The fraction of sp³-hybridized carbons (Fsp3) is 0.190. The van der Waals surface area contributed by atoms with Crippen molar-refractivity contribution in [3.63, 3.8) is 0 Å². The van der Waals surface area contributed by atoms with Gasteiger partial charge in [0.2, 0.25) is 0 Å². The van der Waals surface area contributed by atoms with Crippen molar-refractivity contribution in [1.29, 1.82) is 0 Å². The van der Waals surface area contributed by atoms with E-state index in [0.29, 0.717) is 5.75 Å². The molecule has 0 saturated carbocycles. The molecule has 1 aliphatic rings. The molecule has 1 aliphatic heterocycles. The van der Waals surface area contributed by atoms with E-state index in [9.17, 15) is 14.4 Å². The van der Waals surface area contributed by atoms with Gasteiger partial charge >= 0.3 is 17.9 Å². The summed E-state index contributed by atoms with van der Waals surface area (Å²) in [5, 5.41) is 1.55. The molecule has 1 fully saturated rings. The predicted octanol–water partition coefficient (Wildman–Crippen LogP) is 11.1. The molecule has 1 heterocycles. The lowest BCUT2D eigenvalue weighted by Gasteiger charge is -2.53. The molecule has 0 radical (unpaired) electrons. The van der Waals surface area contributed by atoms with Crippen LogP contribution in [0.5, 0.6) is 5.75 Å². The van der Waals surface area contributed by atoms with Crippen LogP contribution in [0.3, 0.4) is 0 Å². The van der Waals surface area contributed by atoms with Gasteiger partial charge in [-0.1, -0.05) is 209 Å². The third-order valence-electron chi connectivity index (χ3n) is 13.7. The molecular weight excluding hydrogens is 929 g/mol. The van der Waals surface area contributed by atoms with Gasteiger partial charge in [0.1, 0.15) is 18.0 Å². The molecule has 0 amide bonds. The van der Waals surface area contributed by atoms with E-state index in [1.54, 1.807) is 92.0 Å². The Morgan fingerprint density at radius 2 is 0.781 bits per heavy atom. The highest BCUT2D eigenvalue weighted by atomic mass is 28.4. The molecule has 8 aromatic carbocycles. The van der Waals surface area contributed by atoms with E-state index in [0.717, 1.165) is 27.1 Å². The smallest absolute Gasteiger partial charge is 0.338 e. The number of rotatable bonds is 16. The SMILES string of the molecule is COc1ccc(C(c2ccccc2)(c2ccccc2)[C@@H]2O[C@H](CO[Si](c3ccccc3)(c3ccccc3)C(C)(C)C)[C@@H](OC(=O)c3ccccc3)[C@H](OC(=O)c3ccccc3)[C@H]2OC(=O)c2ccccc2)cc1. The number of esters is 3. The summed E-state index contributed by atoms with van der Waals surface area (Å²) in [6, 6.07) is 73.6. The van der Waals surface area contributed by atoms with E-state index in [4.69, 9.17) is 28.1 Å². The third kappa shape index (κ3) is 10.3. The second-order valence-corrected chi connectivity index (χ2v) is 23.4. The van der Waals surface area contributed by atoms with Crippen molar-refractivity contribution in [2.45, 2.75) is 61.7 Å². The van der Waals surface area contributed by atoms with Crippen LogP contribution < -0.4 is 15.1 Å². The van der Waals surface area contributed by atoms with Crippen molar-refractivity contribution < 1.29 is 42.5 Å². The fourth-order valence-corrected chi connectivity index (χ4v) is 14.9. The highest BCUT2D eigenvalue weighted by molar-refractivity contribution is 6.99. The largest absolute Gasteiger partial charge is 0.497 e. The number of benzene rings is 8. The molecule has 5 atom stereocenters. The molecule has 8 aromatic rings. The van der Waals surface area contributed by atoms with Crippen molar-refractivity contribution in [2.75, 3.05) is 13.7 Å². The number of carbonyl (C=O) groups is 3. The van der Waals surface area contributed by atoms with Gasteiger partial charge in [0.15, 0.2) is 18.3 Å². The zero-order valence-electron chi connectivity index (χ0n) is 41.3. The van der Waals surface area contributed by atoms with Gasteiger partial charge in [-0.25, -0.2) is 14.4 Å². The van der Waals surface area contributed by atoms with Crippen molar-refractivity contribution in [1.82, 2.24) is 0 Å². The van der Waals surface area contributed by atoms with Crippen LogP contribution in [0.1, 0.15) is 68.5 Å². The Kier molecular flexibility index (Phi) is 15.3. The molecule has 0 aliphatic carbocycles. The molecule has 10 heteroatoms. The lowest BCUT2D eigenvalue weighted by molar-refractivity contribution is -0.237. The van der Waals surface area contributed by atoms with Gasteiger partial charge in [-0.2, -0.15) is 0 Å². The number of carbonyl (C=O) groups excluding carboxylic acids is 3. The lowest BCUT2D eigenvalue weighted by atomic mass is 9.63. The average Bonchev–Trinajstić information content (AvgIpc) is 3.44. The number of hydrogen-bond donors (Lipinski definition) is 0. The molecular formula is C63H58O9Si. The maximum absolute atomic E-state index is 14.9. The van der Waals surface area contributed by atoms with Crippen LogP contribution >= 0.6 is 0 Å². The highest BCUT2D eigenvalue weighted by Gasteiger charge is 2.61. The molecule has 1 saturated heterocycles. The first-order valence-corrected chi connectivity index (χ1v) is 26.4. The van der Waals surface area contributed by atoms with Gasteiger partial charge in [-0.05, 0) is 80.6 Å². The Hall–Kier alpha value is -7.89. The molecule has 0 unspecified atom stereocenters. The maximum atomic E-state index is 14.9. The quantitative estimate of drug-likeness (QED) is 0.0405. The van der Waals surface area contributed by atoms with Crippen molar-refractivity contribution in [3.8, 4) is 5.75 Å². The van der Waals surface area contributed by atoms with Gasteiger partial charge in [0.05, 0.1) is 35.8 Å². The molecule has 0 spiro atoms. The highest BCUT2D eigenvalue weighted by Crippen LogP contribution is 2.50. The molecule has 368 valence electrons. The first kappa shape index (κ1) is 50.1. The van der Waals surface area contributed by atoms with Gasteiger partial charge in [0, 0.05) is 0 Å². The van der Waals surface area contributed by atoms with Crippen molar-refractivity contribution in [3.05, 3.63) is 270 Å². The number of methoxy groups -OCH3 is 1. The summed E-state index contributed by atoms with van der Waals surface area (Å²) in [4.78, 5) is 44.6. The summed E-state index contributed by atoms with van der Waals surface area (Å²) in [5.41, 5.74) is 1.68. The van der Waals surface area contributed by atoms with Gasteiger partial charge in [-0.15, -0.1) is 0 Å².